The second-order valence-electron chi connectivity index (χ2n) is 5.75. The van der Waals surface area contributed by atoms with Crippen LogP contribution in [0.15, 0.2) is 6.07 Å². The zero-order valence-electron chi connectivity index (χ0n) is 12.1. The molecule has 1 heterocycles. The summed E-state index contributed by atoms with van der Waals surface area (Å²) in [6.45, 7) is 4.10. The molecule has 0 radical (unpaired) electrons. The van der Waals surface area contributed by atoms with Crippen molar-refractivity contribution in [3.63, 3.8) is 0 Å². The molecule has 6 heteroatoms. The molecule has 1 aliphatic carbocycles. The summed E-state index contributed by atoms with van der Waals surface area (Å²) >= 11 is 0. The van der Waals surface area contributed by atoms with Gasteiger partial charge in [0.1, 0.15) is 5.69 Å². The molecule has 0 saturated heterocycles. The molecule has 1 aromatic rings. The van der Waals surface area contributed by atoms with Gasteiger partial charge in [0.05, 0.1) is 5.92 Å². The fraction of sp³-hybridized carbons (Fsp3) is 0.643. The van der Waals surface area contributed by atoms with E-state index in [2.05, 4.69) is 10.4 Å². The van der Waals surface area contributed by atoms with Gasteiger partial charge in [-0.2, -0.15) is 5.10 Å². The van der Waals surface area contributed by atoms with Gasteiger partial charge in [-0.1, -0.05) is 13.8 Å². The summed E-state index contributed by atoms with van der Waals surface area (Å²) in [5.74, 6) is -1.03. The molecule has 20 heavy (non-hydrogen) atoms. The molecule has 0 aromatic carbocycles. The van der Waals surface area contributed by atoms with Crippen LogP contribution in [0.4, 0.5) is 0 Å². The molecular formula is C14H21N3O3. The summed E-state index contributed by atoms with van der Waals surface area (Å²) in [6, 6.07) is 1.73. The summed E-state index contributed by atoms with van der Waals surface area (Å²) in [4.78, 5) is 23.0. The maximum absolute atomic E-state index is 12.1. The van der Waals surface area contributed by atoms with Crippen LogP contribution in [-0.2, 0) is 11.8 Å². The van der Waals surface area contributed by atoms with Gasteiger partial charge in [-0.15, -0.1) is 0 Å². The lowest BCUT2D eigenvalue weighted by Crippen LogP contribution is -2.33. The Morgan fingerprint density at radius 3 is 2.65 bits per heavy atom. The van der Waals surface area contributed by atoms with Gasteiger partial charge in [-0.05, 0) is 31.2 Å². The summed E-state index contributed by atoms with van der Waals surface area (Å²) < 4.78 is 1.72. The molecule has 0 bridgehead atoms. The number of aromatic nitrogens is 2. The van der Waals surface area contributed by atoms with Gasteiger partial charge >= 0.3 is 5.97 Å². The molecule has 110 valence electrons. The van der Waals surface area contributed by atoms with Gasteiger partial charge in [0, 0.05) is 18.8 Å². The Hall–Kier alpha value is -1.85. The first kappa shape index (κ1) is 14.6. The van der Waals surface area contributed by atoms with Crippen LogP contribution >= 0.6 is 0 Å². The van der Waals surface area contributed by atoms with Crippen LogP contribution < -0.4 is 5.32 Å². The fourth-order valence-corrected chi connectivity index (χ4v) is 2.73. The molecule has 2 N–H and O–H groups in total. The molecule has 1 aromatic heterocycles. The fourth-order valence-electron chi connectivity index (χ4n) is 2.73. The van der Waals surface area contributed by atoms with E-state index in [1.165, 1.54) is 0 Å². The van der Waals surface area contributed by atoms with Crippen LogP contribution in [0.1, 0.15) is 55.2 Å². The van der Waals surface area contributed by atoms with Gasteiger partial charge in [0.15, 0.2) is 0 Å². The smallest absolute Gasteiger partial charge is 0.306 e. The van der Waals surface area contributed by atoms with Gasteiger partial charge in [-0.3, -0.25) is 14.3 Å². The molecule has 0 unspecified atom stereocenters. The van der Waals surface area contributed by atoms with Gasteiger partial charge in [0.2, 0.25) is 0 Å². The maximum atomic E-state index is 12.1. The average Bonchev–Trinajstić information content (AvgIpc) is 2.95. The number of hydrogen-bond acceptors (Lipinski definition) is 3. The highest BCUT2D eigenvalue weighted by atomic mass is 16.4. The van der Waals surface area contributed by atoms with Crippen LogP contribution in [0, 0.1) is 5.92 Å². The summed E-state index contributed by atoms with van der Waals surface area (Å²) in [5.41, 5.74) is 1.40. The van der Waals surface area contributed by atoms with E-state index in [1.807, 2.05) is 20.9 Å². The predicted molar refractivity (Wildman–Crippen MR) is 73.5 cm³/mol. The van der Waals surface area contributed by atoms with Crippen molar-refractivity contribution in [3.8, 4) is 0 Å². The molecule has 1 amide bonds. The van der Waals surface area contributed by atoms with Crippen molar-refractivity contribution in [2.75, 3.05) is 0 Å². The largest absolute Gasteiger partial charge is 0.481 e. The minimum absolute atomic E-state index is 0.0619. The summed E-state index contributed by atoms with van der Waals surface area (Å²) in [7, 11) is 1.82. The first-order valence-electron chi connectivity index (χ1n) is 6.96. The highest BCUT2D eigenvalue weighted by Gasteiger charge is 2.31. The Balaban J connectivity index is 1.99. The number of nitrogens with zero attached hydrogens (tertiary/aromatic N) is 2. The zero-order valence-corrected chi connectivity index (χ0v) is 12.1. The lowest BCUT2D eigenvalue weighted by molar-refractivity contribution is -0.141. The van der Waals surface area contributed by atoms with Crippen molar-refractivity contribution in [1.82, 2.24) is 15.1 Å². The number of carboxylic acids is 1. The SMILES string of the molecule is CC(C)c1cc(C(=O)N[C@H]2CC[C@@H](C(=O)O)C2)nn1C. The van der Waals surface area contributed by atoms with E-state index >= 15 is 0 Å². The Morgan fingerprint density at radius 2 is 2.15 bits per heavy atom. The predicted octanol–water partition coefficient (Wildman–Crippen LogP) is 1.53. The Bertz CT molecular complexity index is 522. The quantitative estimate of drug-likeness (QED) is 0.875. The molecule has 0 spiro atoms. The highest BCUT2D eigenvalue weighted by molar-refractivity contribution is 5.92. The van der Waals surface area contributed by atoms with Crippen LogP contribution in [0.25, 0.3) is 0 Å². The van der Waals surface area contributed by atoms with E-state index in [9.17, 15) is 9.59 Å². The number of carboxylic acid groups (broad SMARTS) is 1. The van der Waals surface area contributed by atoms with E-state index in [1.54, 1.807) is 10.7 Å². The van der Waals surface area contributed by atoms with E-state index in [-0.39, 0.29) is 17.9 Å². The lowest BCUT2D eigenvalue weighted by atomic mass is 10.1. The third-order valence-corrected chi connectivity index (χ3v) is 3.86. The number of hydrogen-bond donors (Lipinski definition) is 2. The monoisotopic (exact) mass is 279 g/mol. The highest BCUT2D eigenvalue weighted by Crippen LogP contribution is 2.26. The van der Waals surface area contributed by atoms with Crippen molar-refractivity contribution in [2.45, 2.75) is 45.1 Å². The molecule has 1 saturated carbocycles. The third-order valence-electron chi connectivity index (χ3n) is 3.86. The van der Waals surface area contributed by atoms with Crippen molar-refractivity contribution in [3.05, 3.63) is 17.5 Å². The van der Waals surface area contributed by atoms with E-state index in [4.69, 9.17) is 5.11 Å². The number of rotatable bonds is 4. The summed E-state index contributed by atoms with van der Waals surface area (Å²) in [6.07, 6.45) is 1.84. The Morgan fingerprint density at radius 1 is 1.45 bits per heavy atom. The van der Waals surface area contributed by atoms with Gasteiger partial charge in [-0.25, -0.2) is 0 Å². The number of aliphatic carboxylic acids is 1. The molecule has 6 nitrogen and oxygen atoms in total. The Labute approximate surface area is 118 Å². The number of nitrogens with one attached hydrogen (secondary N) is 1. The van der Waals surface area contributed by atoms with Crippen molar-refractivity contribution < 1.29 is 14.7 Å². The number of aryl methyl sites for hydroxylation is 1. The number of carbonyl (C=O) groups excluding carboxylic acids is 1. The first-order chi connectivity index (χ1) is 9.38. The molecule has 2 atom stereocenters. The van der Waals surface area contributed by atoms with Crippen LogP contribution in [0.2, 0.25) is 0 Å². The molecular weight excluding hydrogens is 258 g/mol. The van der Waals surface area contributed by atoms with E-state index in [0.717, 1.165) is 5.69 Å². The minimum atomic E-state index is -0.776. The maximum Gasteiger partial charge on any atom is 0.306 e. The van der Waals surface area contributed by atoms with Crippen molar-refractivity contribution in [2.24, 2.45) is 13.0 Å². The third kappa shape index (κ3) is 3.00. The molecule has 1 aliphatic rings. The number of amides is 1. The van der Waals surface area contributed by atoms with Crippen molar-refractivity contribution >= 4 is 11.9 Å². The molecule has 1 fully saturated rings. The normalized spacial score (nSPS) is 22.2. The second-order valence-corrected chi connectivity index (χ2v) is 5.75. The summed E-state index contributed by atoms with van der Waals surface area (Å²) in [5, 5.41) is 16.1. The standard InChI is InChI=1S/C14H21N3O3/c1-8(2)12-7-11(16-17(12)3)13(18)15-10-5-4-9(6-10)14(19)20/h7-10H,4-6H2,1-3H3,(H,15,18)(H,19,20)/t9-,10+/m1/s1. The van der Waals surface area contributed by atoms with Gasteiger partial charge in [0.25, 0.3) is 5.91 Å². The lowest BCUT2D eigenvalue weighted by Gasteiger charge is -2.10. The van der Waals surface area contributed by atoms with Crippen LogP contribution in [-0.4, -0.2) is 32.8 Å². The minimum Gasteiger partial charge on any atom is -0.481 e. The van der Waals surface area contributed by atoms with E-state index in [0.29, 0.717) is 30.9 Å². The van der Waals surface area contributed by atoms with Crippen LogP contribution in [0.5, 0.6) is 0 Å². The Kier molecular flexibility index (Phi) is 4.11. The topological polar surface area (TPSA) is 84.2 Å². The van der Waals surface area contributed by atoms with E-state index < -0.39 is 5.97 Å². The zero-order chi connectivity index (χ0) is 14.9. The van der Waals surface area contributed by atoms with Crippen LogP contribution in [0.3, 0.4) is 0 Å². The second kappa shape index (κ2) is 5.64. The molecule has 0 aliphatic heterocycles. The number of carbonyl (C=O) groups is 2. The first-order valence-corrected chi connectivity index (χ1v) is 6.96. The average molecular weight is 279 g/mol. The van der Waals surface area contributed by atoms with Crippen molar-refractivity contribution in [1.29, 1.82) is 0 Å². The molecule has 2 rings (SSSR count). The van der Waals surface area contributed by atoms with Gasteiger partial charge < -0.3 is 10.4 Å².